The van der Waals surface area contributed by atoms with Crippen molar-refractivity contribution in [2.45, 2.75) is 46.6 Å². The van der Waals surface area contributed by atoms with Gasteiger partial charge in [0.05, 0.1) is 0 Å². The minimum absolute atomic E-state index is 0.0392. The number of hydrogen-bond donors (Lipinski definition) is 1. The van der Waals surface area contributed by atoms with Gasteiger partial charge in [-0.15, -0.1) is 0 Å². The first-order chi connectivity index (χ1) is 8.91. The van der Waals surface area contributed by atoms with Crippen LogP contribution in [-0.4, -0.2) is 53.3 Å². The first-order valence-corrected chi connectivity index (χ1v) is 6.78. The molecule has 6 nitrogen and oxygen atoms in total. The molecule has 0 aliphatic carbocycles. The molecule has 1 heterocycles. The van der Waals surface area contributed by atoms with Gasteiger partial charge in [0.15, 0.2) is 0 Å². The lowest BCUT2D eigenvalue weighted by Gasteiger charge is -2.33. The zero-order valence-electron chi connectivity index (χ0n) is 13.2. The maximum atomic E-state index is 12.0. The molecule has 0 spiro atoms. The number of rotatable bonds is 4. The molecule has 0 bridgehead atoms. The highest BCUT2D eigenvalue weighted by molar-refractivity contribution is 6.04. The van der Waals surface area contributed by atoms with Crippen LogP contribution in [0.3, 0.4) is 0 Å². The summed E-state index contributed by atoms with van der Waals surface area (Å²) < 4.78 is 0. The molecule has 1 aliphatic rings. The second-order valence-corrected chi connectivity index (χ2v) is 7.29. The number of imide groups is 1. The standard InChI is InChI=1S/C14H25N3O3/c1-13(2,3)9-14(4,5)15-10(18)7-17-11(19)8-16(6)12(17)20/h7-9H2,1-6H3,(H,15,18). The van der Waals surface area contributed by atoms with E-state index < -0.39 is 6.03 Å². The Hall–Kier alpha value is -1.59. The molecule has 1 aliphatic heterocycles. The average Bonchev–Trinajstić information content (AvgIpc) is 2.40. The summed E-state index contributed by atoms with van der Waals surface area (Å²) in [5, 5.41) is 2.89. The van der Waals surface area contributed by atoms with Gasteiger partial charge in [0.1, 0.15) is 13.1 Å². The van der Waals surface area contributed by atoms with E-state index in [1.807, 2.05) is 13.8 Å². The van der Waals surface area contributed by atoms with Crippen molar-refractivity contribution in [3.8, 4) is 0 Å². The normalized spacial score (nSPS) is 16.9. The quantitative estimate of drug-likeness (QED) is 0.788. The summed E-state index contributed by atoms with van der Waals surface area (Å²) in [6.45, 7) is 10.0. The van der Waals surface area contributed by atoms with Gasteiger partial charge < -0.3 is 10.2 Å². The Bertz CT molecular complexity index is 424. The summed E-state index contributed by atoms with van der Waals surface area (Å²) in [4.78, 5) is 37.6. The van der Waals surface area contributed by atoms with Crippen molar-refractivity contribution in [3.05, 3.63) is 0 Å². The van der Waals surface area contributed by atoms with Crippen LogP contribution in [0.4, 0.5) is 4.79 Å². The van der Waals surface area contributed by atoms with Crippen LogP contribution in [0.15, 0.2) is 0 Å². The second kappa shape index (κ2) is 5.42. The highest BCUT2D eigenvalue weighted by Gasteiger charge is 2.36. The van der Waals surface area contributed by atoms with Crippen LogP contribution in [0.5, 0.6) is 0 Å². The second-order valence-electron chi connectivity index (χ2n) is 7.29. The van der Waals surface area contributed by atoms with Crippen molar-refractivity contribution in [1.82, 2.24) is 15.1 Å². The number of carbonyl (C=O) groups excluding carboxylic acids is 3. The Kier molecular flexibility index (Phi) is 4.46. The number of nitrogens with one attached hydrogen (secondary N) is 1. The zero-order valence-corrected chi connectivity index (χ0v) is 13.2. The Labute approximate surface area is 120 Å². The van der Waals surface area contributed by atoms with E-state index >= 15 is 0 Å². The molecule has 1 saturated heterocycles. The monoisotopic (exact) mass is 283 g/mol. The van der Waals surface area contributed by atoms with Crippen LogP contribution in [0.25, 0.3) is 0 Å². The van der Waals surface area contributed by atoms with Gasteiger partial charge in [-0.05, 0) is 25.7 Å². The molecule has 0 atom stereocenters. The van der Waals surface area contributed by atoms with Crippen LogP contribution in [0, 0.1) is 5.41 Å². The van der Waals surface area contributed by atoms with Crippen molar-refractivity contribution in [2.75, 3.05) is 20.1 Å². The van der Waals surface area contributed by atoms with E-state index in [9.17, 15) is 14.4 Å². The average molecular weight is 283 g/mol. The molecule has 0 unspecified atom stereocenters. The predicted octanol–water partition coefficient (Wildman–Crippen LogP) is 1.21. The molecular formula is C14H25N3O3. The highest BCUT2D eigenvalue weighted by atomic mass is 16.2. The summed E-state index contributed by atoms with van der Waals surface area (Å²) >= 11 is 0. The summed E-state index contributed by atoms with van der Waals surface area (Å²) in [5.74, 6) is -0.641. The van der Waals surface area contributed by atoms with E-state index in [2.05, 4.69) is 26.1 Å². The van der Waals surface area contributed by atoms with Crippen LogP contribution in [-0.2, 0) is 9.59 Å². The number of carbonyl (C=O) groups is 3. The maximum Gasteiger partial charge on any atom is 0.327 e. The van der Waals surface area contributed by atoms with E-state index in [-0.39, 0.29) is 35.9 Å². The fourth-order valence-electron chi connectivity index (χ4n) is 2.76. The number of amides is 4. The van der Waals surface area contributed by atoms with Crippen LogP contribution in [0.2, 0.25) is 0 Å². The molecule has 4 amide bonds. The van der Waals surface area contributed by atoms with E-state index in [0.717, 1.165) is 11.3 Å². The molecule has 114 valence electrons. The van der Waals surface area contributed by atoms with Gasteiger partial charge in [-0.3, -0.25) is 14.5 Å². The number of likely N-dealkylation sites (N-methyl/N-ethyl adjacent to an activating group) is 1. The third kappa shape index (κ3) is 4.51. The van der Waals surface area contributed by atoms with E-state index in [4.69, 9.17) is 0 Å². The van der Waals surface area contributed by atoms with Crippen molar-refractivity contribution in [3.63, 3.8) is 0 Å². The molecule has 0 radical (unpaired) electrons. The Morgan fingerprint density at radius 2 is 1.75 bits per heavy atom. The predicted molar refractivity (Wildman–Crippen MR) is 76.0 cm³/mol. The van der Waals surface area contributed by atoms with Gasteiger partial charge in [0.25, 0.3) is 5.91 Å². The van der Waals surface area contributed by atoms with E-state index in [1.165, 1.54) is 4.90 Å². The minimum Gasteiger partial charge on any atom is -0.350 e. The maximum absolute atomic E-state index is 12.0. The molecule has 1 fully saturated rings. The van der Waals surface area contributed by atoms with Gasteiger partial charge >= 0.3 is 6.03 Å². The molecule has 6 heteroatoms. The number of nitrogens with zero attached hydrogens (tertiary/aromatic N) is 2. The summed E-state index contributed by atoms with van der Waals surface area (Å²) in [7, 11) is 1.54. The molecule has 0 aromatic rings. The SMILES string of the molecule is CN1CC(=O)N(CC(=O)NC(C)(C)CC(C)(C)C)C1=O. The fraction of sp³-hybridized carbons (Fsp3) is 0.786. The lowest BCUT2D eigenvalue weighted by atomic mass is 9.82. The number of hydrogen-bond acceptors (Lipinski definition) is 3. The largest absolute Gasteiger partial charge is 0.350 e. The zero-order chi connectivity index (χ0) is 15.7. The van der Waals surface area contributed by atoms with Gasteiger partial charge in [-0.1, -0.05) is 20.8 Å². The Balaban J connectivity index is 2.60. The summed E-state index contributed by atoms with van der Waals surface area (Å²) in [6.07, 6.45) is 0.799. The first-order valence-electron chi connectivity index (χ1n) is 6.78. The molecular weight excluding hydrogens is 258 g/mol. The van der Waals surface area contributed by atoms with E-state index in [0.29, 0.717) is 0 Å². The van der Waals surface area contributed by atoms with E-state index in [1.54, 1.807) is 7.05 Å². The lowest BCUT2D eigenvalue weighted by Crippen LogP contribution is -2.50. The first kappa shape index (κ1) is 16.5. The molecule has 1 N–H and O–H groups in total. The molecule has 20 heavy (non-hydrogen) atoms. The van der Waals surface area contributed by atoms with Crippen LogP contribution >= 0.6 is 0 Å². The van der Waals surface area contributed by atoms with Gasteiger partial charge in [0, 0.05) is 12.6 Å². The minimum atomic E-state index is -0.418. The Morgan fingerprint density at radius 3 is 2.15 bits per heavy atom. The number of urea groups is 1. The van der Waals surface area contributed by atoms with Gasteiger partial charge in [-0.25, -0.2) is 4.79 Å². The van der Waals surface area contributed by atoms with Crippen LogP contribution in [0.1, 0.15) is 41.0 Å². The third-order valence-electron chi connectivity index (χ3n) is 2.98. The van der Waals surface area contributed by atoms with Crippen molar-refractivity contribution in [2.24, 2.45) is 5.41 Å². The fourth-order valence-corrected chi connectivity index (χ4v) is 2.76. The third-order valence-corrected chi connectivity index (χ3v) is 2.98. The van der Waals surface area contributed by atoms with Crippen molar-refractivity contribution >= 4 is 17.8 Å². The highest BCUT2D eigenvalue weighted by Crippen LogP contribution is 2.26. The van der Waals surface area contributed by atoms with Crippen LogP contribution < -0.4 is 5.32 Å². The van der Waals surface area contributed by atoms with Crippen molar-refractivity contribution in [1.29, 1.82) is 0 Å². The molecule has 0 aromatic heterocycles. The Morgan fingerprint density at radius 1 is 1.20 bits per heavy atom. The van der Waals surface area contributed by atoms with Gasteiger partial charge in [0.2, 0.25) is 5.91 Å². The molecule has 0 saturated carbocycles. The van der Waals surface area contributed by atoms with Crippen molar-refractivity contribution < 1.29 is 14.4 Å². The van der Waals surface area contributed by atoms with Gasteiger partial charge in [-0.2, -0.15) is 0 Å². The lowest BCUT2D eigenvalue weighted by molar-refractivity contribution is -0.131. The summed E-state index contributed by atoms with van der Waals surface area (Å²) in [6, 6.07) is -0.418. The molecule has 1 rings (SSSR count). The summed E-state index contributed by atoms with van der Waals surface area (Å²) in [5.41, 5.74) is -0.302. The topological polar surface area (TPSA) is 69.7 Å². The molecule has 0 aromatic carbocycles. The smallest absolute Gasteiger partial charge is 0.327 e.